The number of amides is 1. The molecule has 0 aliphatic heterocycles. The summed E-state index contributed by atoms with van der Waals surface area (Å²) in [5.41, 5.74) is 0.658. The Labute approximate surface area is 169 Å². The van der Waals surface area contributed by atoms with Crippen molar-refractivity contribution in [3.05, 3.63) is 35.9 Å². The SMILES string of the molecule is C#CCN(C(=O)C(=N)CSCC1CC1(F)F)c1cn(-c2cccnc2)nc1Cl. The normalized spacial score (nSPS) is 17.0. The van der Waals surface area contributed by atoms with Gasteiger partial charge in [0.2, 0.25) is 0 Å². The molecule has 28 heavy (non-hydrogen) atoms. The number of halogens is 3. The summed E-state index contributed by atoms with van der Waals surface area (Å²) in [4.78, 5) is 17.9. The van der Waals surface area contributed by atoms with Crippen molar-refractivity contribution >= 4 is 40.7 Å². The summed E-state index contributed by atoms with van der Waals surface area (Å²) in [6.45, 7) is -0.106. The highest BCUT2D eigenvalue weighted by Gasteiger charge is 2.56. The van der Waals surface area contributed by atoms with E-state index in [1.54, 1.807) is 24.5 Å². The predicted molar refractivity (Wildman–Crippen MR) is 106 cm³/mol. The maximum Gasteiger partial charge on any atom is 0.273 e. The maximum absolute atomic E-state index is 12.9. The number of rotatable bonds is 8. The number of anilines is 1. The van der Waals surface area contributed by atoms with Crippen LogP contribution in [0, 0.1) is 23.7 Å². The number of hydrogen-bond donors (Lipinski definition) is 1. The molecule has 0 spiro atoms. The molecular weight excluding hydrogens is 408 g/mol. The van der Waals surface area contributed by atoms with Crippen LogP contribution in [0.1, 0.15) is 6.42 Å². The Morgan fingerprint density at radius 1 is 1.57 bits per heavy atom. The zero-order valence-corrected chi connectivity index (χ0v) is 16.2. The van der Waals surface area contributed by atoms with Crippen LogP contribution in [0.15, 0.2) is 30.7 Å². The first kappa shape index (κ1) is 20.3. The standard InChI is InChI=1S/C18H16ClF2N5OS/c1-2-6-25(17(27)14(22)11-28-10-12-7-18(12,20)21)15-9-26(24-16(15)19)13-4-3-5-23-8-13/h1,3-5,8-9,12,22H,6-7,10-11H2. The summed E-state index contributed by atoms with van der Waals surface area (Å²) in [5.74, 6) is -1.33. The molecule has 146 valence electrons. The molecule has 1 atom stereocenters. The van der Waals surface area contributed by atoms with Gasteiger partial charge in [-0.05, 0) is 12.1 Å². The van der Waals surface area contributed by atoms with Crippen molar-refractivity contribution < 1.29 is 13.6 Å². The largest absolute Gasteiger partial charge is 0.299 e. The number of pyridine rings is 1. The molecule has 1 aliphatic carbocycles. The number of aromatic nitrogens is 3. The van der Waals surface area contributed by atoms with Crippen LogP contribution in [0.2, 0.25) is 5.15 Å². The average molecular weight is 424 g/mol. The van der Waals surface area contributed by atoms with Crippen molar-refractivity contribution in [3.63, 3.8) is 0 Å². The first-order valence-electron chi connectivity index (χ1n) is 8.27. The Morgan fingerprint density at radius 3 is 2.93 bits per heavy atom. The van der Waals surface area contributed by atoms with Crippen molar-refractivity contribution in [3.8, 4) is 18.0 Å². The van der Waals surface area contributed by atoms with Crippen LogP contribution in [-0.2, 0) is 4.79 Å². The van der Waals surface area contributed by atoms with E-state index >= 15 is 0 Å². The second-order valence-electron chi connectivity index (χ2n) is 6.21. The first-order chi connectivity index (χ1) is 13.3. The summed E-state index contributed by atoms with van der Waals surface area (Å²) in [6.07, 6.45) is 9.95. The lowest BCUT2D eigenvalue weighted by Crippen LogP contribution is -2.37. The first-order valence-corrected chi connectivity index (χ1v) is 9.80. The summed E-state index contributed by atoms with van der Waals surface area (Å²) >= 11 is 7.32. The lowest BCUT2D eigenvalue weighted by molar-refractivity contribution is -0.112. The van der Waals surface area contributed by atoms with Crippen LogP contribution in [0.3, 0.4) is 0 Å². The van der Waals surface area contributed by atoms with E-state index in [2.05, 4.69) is 16.0 Å². The molecule has 1 aliphatic rings. The lowest BCUT2D eigenvalue weighted by Gasteiger charge is -2.19. The zero-order valence-electron chi connectivity index (χ0n) is 14.6. The minimum Gasteiger partial charge on any atom is -0.299 e. The van der Waals surface area contributed by atoms with E-state index in [9.17, 15) is 13.6 Å². The molecule has 0 saturated heterocycles. The molecule has 1 fully saturated rings. The Hall–Kier alpha value is -2.44. The van der Waals surface area contributed by atoms with Gasteiger partial charge >= 0.3 is 0 Å². The minimum atomic E-state index is -2.61. The average Bonchev–Trinajstić information content (AvgIpc) is 3.10. The molecule has 0 radical (unpaired) electrons. The molecule has 1 saturated carbocycles. The van der Waals surface area contributed by atoms with E-state index < -0.39 is 17.7 Å². The van der Waals surface area contributed by atoms with Gasteiger partial charge in [-0.1, -0.05) is 17.5 Å². The fourth-order valence-electron chi connectivity index (χ4n) is 2.48. The highest BCUT2D eigenvalue weighted by Crippen LogP contribution is 2.50. The summed E-state index contributed by atoms with van der Waals surface area (Å²) in [5, 5.41) is 12.2. The van der Waals surface area contributed by atoms with E-state index in [1.807, 2.05) is 0 Å². The topological polar surface area (TPSA) is 74.9 Å². The van der Waals surface area contributed by atoms with E-state index in [-0.39, 0.29) is 41.0 Å². The highest BCUT2D eigenvalue weighted by atomic mass is 35.5. The van der Waals surface area contributed by atoms with E-state index in [1.165, 1.54) is 15.8 Å². The van der Waals surface area contributed by atoms with E-state index in [0.29, 0.717) is 5.69 Å². The molecule has 6 nitrogen and oxygen atoms in total. The van der Waals surface area contributed by atoms with Gasteiger partial charge in [-0.3, -0.25) is 20.1 Å². The van der Waals surface area contributed by atoms with Crippen LogP contribution in [-0.4, -0.2) is 50.4 Å². The molecule has 2 aromatic rings. The Kier molecular flexibility index (Phi) is 6.01. The van der Waals surface area contributed by atoms with Crippen LogP contribution in [0.5, 0.6) is 0 Å². The van der Waals surface area contributed by atoms with Gasteiger partial charge in [0.25, 0.3) is 11.8 Å². The number of nitrogens with zero attached hydrogens (tertiary/aromatic N) is 4. The number of alkyl halides is 2. The van der Waals surface area contributed by atoms with Crippen molar-refractivity contribution in [2.75, 3.05) is 23.0 Å². The molecule has 10 heteroatoms. The van der Waals surface area contributed by atoms with Gasteiger partial charge in [0, 0.05) is 30.0 Å². The molecular formula is C18H16ClF2N5OS. The van der Waals surface area contributed by atoms with Crippen molar-refractivity contribution in [2.24, 2.45) is 5.92 Å². The van der Waals surface area contributed by atoms with Gasteiger partial charge in [-0.2, -0.15) is 16.9 Å². The van der Waals surface area contributed by atoms with Crippen LogP contribution >= 0.6 is 23.4 Å². The fraction of sp³-hybridized carbons (Fsp3) is 0.333. The van der Waals surface area contributed by atoms with Gasteiger partial charge in [-0.15, -0.1) is 6.42 Å². The van der Waals surface area contributed by atoms with Crippen LogP contribution < -0.4 is 4.90 Å². The third kappa shape index (κ3) is 4.51. The Balaban J connectivity index is 1.70. The lowest BCUT2D eigenvalue weighted by atomic mass is 10.3. The molecule has 0 bridgehead atoms. The Bertz CT molecular complexity index is 928. The van der Waals surface area contributed by atoms with Crippen molar-refractivity contribution in [1.29, 1.82) is 5.41 Å². The van der Waals surface area contributed by atoms with Gasteiger partial charge in [0.05, 0.1) is 24.6 Å². The van der Waals surface area contributed by atoms with Gasteiger partial charge < -0.3 is 0 Å². The second kappa shape index (κ2) is 8.29. The van der Waals surface area contributed by atoms with Gasteiger partial charge in [-0.25, -0.2) is 13.5 Å². The van der Waals surface area contributed by atoms with Gasteiger partial charge in [0.15, 0.2) is 5.15 Å². The summed E-state index contributed by atoms with van der Waals surface area (Å²) in [6, 6.07) is 3.49. The third-order valence-electron chi connectivity index (χ3n) is 4.13. The molecule has 0 aromatic carbocycles. The van der Waals surface area contributed by atoms with Crippen LogP contribution in [0.25, 0.3) is 5.69 Å². The fourth-order valence-corrected chi connectivity index (χ4v) is 3.81. The van der Waals surface area contributed by atoms with E-state index in [0.717, 1.165) is 11.8 Å². The number of terminal acetylenes is 1. The molecule has 1 unspecified atom stereocenters. The monoisotopic (exact) mass is 423 g/mol. The number of carbonyl (C=O) groups is 1. The number of carbonyl (C=O) groups excluding carboxylic acids is 1. The number of hydrogen-bond acceptors (Lipinski definition) is 5. The molecule has 2 aromatic heterocycles. The maximum atomic E-state index is 12.9. The zero-order chi connectivity index (χ0) is 20.3. The third-order valence-corrected chi connectivity index (χ3v) is 5.53. The predicted octanol–water partition coefficient (Wildman–Crippen LogP) is 3.30. The second-order valence-corrected chi connectivity index (χ2v) is 7.60. The minimum absolute atomic E-state index is 0.0147. The molecule has 1 N–H and O–H groups in total. The number of nitrogens with one attached hydrogen (secondary N) is 1. The van der Waals surface area contributed by atoms with Crippen molar-refractivity contribution in [1.82, 2.24) is 14.8 Å². The van der Waals surface area contributed by atoms with Crippen LogP contribution in [0.4, 0.5) is 14.5 Å². The summed E-state index contributed by atoms with van der Waals surface area (Å²) in [7, 11) is 0. The Morgan fingerprint density at radius 2 is 2.32 bits per heavy atom. The van der Waals surface area contributed by atoms with E-state index in [4.69, 9.17) is 23.4 Å². The van der Waals surface area contributed by atoms with Gasteiger partial charge in [0.1, 0.15) is 11.4 Å². The smallest absolute Gasteiger partial charge is 0.273 e. The molecule has 1 amide bonds. The molecule has 3 rings (SSSR count). The van der Waals surface area contributed by atoms with Crippen molar-refractivity contribution in [2.45, 2.75) is 12.3 Å². The highest BCUT2D eigenvalue weighted by molar-refractivity contribution is 8.00. The summed E-state index contributed by atoms with van der Waals surface area (Å²) < 4.78 is 27.3. The molecule has 2 heterocycles. The quantitative estimate of drug-likeness (QED) is 0.522. The number of thioether (sulfide) groups is 1.